The molecule has 0 saturated heterocycles. The highest BCUT2D eigenvalue weighted by molar-refractivity contribution is 7.92. The molecule has 1 N–H and O–H groups in total. The molecule has 0 aromatic heterocycles. The summed E-state index contributed by atoms with van der Waals surface area (Å²) in [5.74, 6) is -1.47. The van der Waals surface area contributed by atoms with Crippen LogP contribution in [0.1, 0.15) is 54.4 Å². The van der Waals surface area contributed by atoms with Gasteiger partial charge < -0.3 is 10.2 Å². The van der Waals surface area contributed by atoms with Gasteiger partial charge >= 0.3 is 0 Å². The van der Waals surface area contributed by atoms with Crippen molar-refractivity contribution in [3.05, 3.63) is 131 Å². The molecule has 1 fully saturated rings. The van der Waals surface area contributed by atoms with E-state index in [0.29, 0.717) is 5.69 Å². The molecule has 0 aliphatic heterocycles. The van der Waals surface area contributed by atoms with Crippen LogP contribution < -0.4 is 9.62 Å². The van der Waals surface area contributed by atoms with E-state index in [-0.39, 0.29) is 35.4 Å². The Morgan fingerprint density at radius 3 is 2.04 bits per heavy atom. The first-order chi connectivity index (χ1) is 22.6. The number of hydrogen-bond donors (Lipinski definition) is 1. The van der Waals surface area contributed by atoms with Crippen molar-refractivity contribution in [2.75, 3.05) is 10.8 Å². The first kappa shape index (κ1) is 33.9. The summed E-state index contributed by atoms with van der Waals surface area (Å²) in [6.45, 7) is 2.95. The first-order valence-corrected chi connectivity index (χ1v) is 17.6. The zero-order valence-electron chi connectivity index (χ0n) is 26.9. The van der Waals surface area contributed by atoms with Crippen molar-refractivity contribution in [3.63, 3.8) is 0 Å². The molecule has 5 rings (SSSR count). The van der Waals surface area contributed by atoms with Gasteiger partial charge in [-0.2, -0.15) is 0 Å². The van der Waals surface area contributed by atoms with E-state index in [4.69, 9.17) is 0 Å². The molecule has 1 aliphatic carbocycles. The molecule has 4 aromatic carbocycles. The Bertz CT molecular complexity index is 1760. The predicted molar refractivity (Wildman–Crippen MR) is 183 cm³/mol. The maximum Gasteiger partial charge on any atom is 0.264 e. The van der Waals surface area contributed by atoms with Crippen LogP contribution in [0.15, 0.2) is 108 Å². The number of sulfonamides is 1. The second kappa shape index (κ2) is 15.4. The summed E-state index contributed by atoms with van der Waals surface area (Å²) in [6.07, 6.45) is 5.00. The molecular weight excluding hydrogens is 614 g/mol. The minimum Gasteiger partial charge on any atom is -0.352 e. The van der Waals surface area contributed by atoms with Gasteiger partial charge in [-0.25, -0.2) is 12.8 Å². The molecule has 4 aromatic rings. The van der Waals surface area contributed by atoms with Crippen molar-refractivity contribution in [2.24, 2.45) is 0 Å². The van der Waals surface area contributed by atoms with Crippen LogP contribution in [-0.2, 0) is 32.6 Å². The van der Waals surface area contributed by atoms with Gasteiger partial charge in [0.05, 0.1) is 10.6 Å². The summed E-state index contributed by atoms with van der Waals surface area (Å²) >= 11 is 0. The second-order valence-corrected chi connectivity index (χ2v) is 14.2. The lowest BCUT2D eigenvalue weighted by molar-refractivity contribution is -0.140. The number of carbonyl (C=O) groups excluding carboxylic acids is 2. The lowest BCUT2D eigenvalue weighted by atomic mass is 9.94. The van der Waals surface area contributed by atoms with Crippen LogP contribution in [-0.4, -0.2) is 43.8 Å². The number of amides is 2. The summed E-state index contributed by atoms with van der Waals surface area (Å²) in [7, 11) is -4.21. The van der Waals surface area contributed by atoms with Crippen LogP contribution in [0.2, 0.25) is 0 Å². The Hall–Kier alpha value is -4.50. The quantitative estimate of drug-likeness (QED) is 0.184. The van der Waals surface area contributed by atoms with Gasteiger partial charge in [-0.1, -0.05) is 103 Å². The van der Waals surface area contributed by atoms with Gasteiger partial charge in [0.1, 0.15) is 18.4 Å². The smallest absolute Gasteiger partial charge is 0.264 e. The van der Waals surface area contributed by atoms with Crippen LogP contribution in [0, 0.1) is 19.7 Å². The summed E-state index contributed by atoms with van der Waals surface area (Å²) in [6, 6.07) is 27.8. The number of rotatable bonds is 12. The Morgan fingerprint density at radius 1 is 0.809 bits per heavy atom. The van der Waals surface area contributed by atoms with E-state index in [1.165, 1.54) is 23.1 Å². The Morgan fingerprint density at radius 2 is 1.40 bits per heavy atom. The molecule has 0 spiro atoms. The van der Waals surface area contributed by atoms with Crippen molar-refractivity contribution >= 4 is 27.5 Å². The summed E-state index contributed by atoms with van der Waals surface area (Å²) in [4.78, 5) is 30.1. The molecule has 1 atom stereocenters. The van der Waals surface area contributed by atoms with E-state index in [1.807, 2.05) is 44.2 Å². The maximum absolute atomic E-state index is 15.1. The summed E-state index contributed by atoms with van der Waals surface area (Å²) in [5, 5.41) is 3.17. The molecular formula is C38H42FN3O4S. The highest BCUT2D eigenvalue weighted by Gasteiger charge is 2.35. The van der Waals surface area contributed by atoms with Crippen molar-refractivity contribution in [1.29, 1.82) is 0 Å². The van der Waals surface area contributed by atoms with Crippen LogP contribution in [0.4, 0.5) is 10.1 Å². The van der Waals surface area contributed by atoms with E-state index in [1.54, 1.807) is 54.6 Å². The van der Waals surface area contributed by atoms with Gasteiger partial charge in [-0.3, -0.25) is 13.9 Å². The average Bonchev–Trinajstić information content (AvgIpc) is 3.07. The molecule has 1 saturated carbocycles. The SMILES string of the molecule is Cc1ccc(N(CC(=O)N(Cc2ccccc2F)[C@H](Cc2ccccc2)C(=O)NC2CCCCC2)S(=O)(=O)c2ccc(C)cc2)cc1. The Balaban J connectivity index is 1.56. The summed E-state index contributed by atoms with van der Waals surface area (Å²) < 4.78 is 44.6. The van der Waals surface area contributed by atoms with E-state index < -0.39 is 34.3 Å². The van der Waals surface area contributed by atoms with E-state index in [0.717, 1.165) is 53.1 Å². The maximum atomic E-state index is 15.1. The predicted octanol–water partition coefficient (Wildman–Crippen LogP) is 6.73. The first-order valence-electron chi connectivity index (χ1n) is 16.1. The standard InChI is InChI=1S/C38H42FN3O4S/c1-28-17-21-33(22-18-28)42(47(45,46)34-23-19-29(2)20-24-34)27-37(43)41(26-31-13-9-10-16-35(31)39)36(25-30-11-5-3-6-12-30)38(44)40-32-14-7-4-8-15-32/h3,5-6,9-13,16-24,32,36H,4,7-8,14-15,25-27H2,1-2H3,(H,40,44)/t36-/m1/s1. The fraction of sp³-hybridized carbons (Fsp3) is 0.316. The van der Waals surface area contributed by atoms with Crippen LogP contribution in [0.3, 0.4) is 0 Å². The van der Waals surface area contributed by atoms with Crippen LogP contribution in [0.5, 0.6) is 0 Å². The molecule has 0 unspecified atom stereocenters. The average molecular weight is 656 g/mol. The number of benzene rings is 4. The third-order valence-electron chi connectivity index (χ3n) is 8.73. The fourth-order valence-corrected chi connectivity index (χ4v) is 7.40. The van der Waals surface area contributed by atoms with E-state index in [2.05, 4.69) is 5.32 Å². The molecule has 0 bridgehead atoms. The van der Waals surface area contributed by atoms with Crippen LogP contribution >= 0.6 is 0 Å². The van der Waals surface area contributed by atoms with Crippen molar-refractivity contribution in [1.82, 2.24) is 10.2 Å². The monoisotopic (exact) mass is 655 g/mol. The van der Waals surface area contributed by atoms with Gasteiger partial charge in [-0.05, 0) is 62.6 Å². The normalized spacial score (nSPS) is 14.3. The van der Waals surface area contributed by atoms with Gasteiger partial charge in [0.2, 0.25) is 11.8 Å². The Labute approximate surface area is 277 Å². The molecule has 246 valence electrons. The van der Waals surface area contributed by atoms with Gasteiger partial charge in [0.15, 0.2) is 0 Å². The minimum absolute atomic E-state index is 0.0223. The molecule has 1 aliphatic rings. The summed E-state index contributed by atoms with van der Waals surface area (Å²) in [5.41, 5.74) is 3.18. The zero-order chi connectivity index (χ0) is 33.4. The van der Waals surface area contributed by atoms with Crippen molar-refractivity contribution < 1.29 is 22.4 Å². The topological polar surface area (TPSA) is 86.8 Å². The number of halogens is 1. The number of carbonyl (C=O) groups is 2. The fourth-order valence-electron chi connectivity index (χ4n) is 5.99. The number of hydrogen-bond acceptors (Lipinski definition) is 4. The van der Waals surface area contributed by atoms with Crippen molar-refractivity contribution in [3.8, 4) is 0 Å². The number of nitrogens with one attached hydrogen (secondary N) is 1. The molecule has 47 heavy (non-hydrogen) atoms. The molecule has 0 heterocycles. The van der Waals surface area contributed by atoms with Gasteiger partial charge in [0, 0.05) is 24.6 Å². The highest BCUT2D eigenvalue weighted by Crippen LogP contribution is 2.26. The van der Waals surface area contributed by atoms with E-state index in [9.17, 15) is 18.0 Å². The number of anilines is 1. The molecule has 9 heteroatoms. The van der Waals surface area contributed by atoms with E-state index >= 15 is 4.39 Å². The number of nitrogens with zero attached hydrogens (tertiary/aromatic N) is 2. The third-order valence-corrected chi connectivity index (χ3v) is 10.5. The van der Waals surface area contributed by atoms with Gasteiger partial charge in [-0.15, -0.1) is 0 Å². The van der Waals surface area contributed by atoms with Crippen molar-refractivity contribution in [2.45, 2.75) is 75.9 Å². The van der Waals surface area contributed by atoms with Gasteiger partial charge in [0.25, 0.3) is 10.0 Å². The molecule has 7 nitrogen and oxygen atoms in total. The zero-order valence-corrected chi connectivity index (χ0v) is 27.8. The molecule has 0 radical (unpaired) electrons. The molecule has 2 amide bonds. The third kappa shape index (κ3) is 8.65. The highest BCUT2D eigenvalue weighted by atomic mass is 32.2. The second-order valence-electron chi connectivity index (χ2n) is 12.3. The Kier molecular flexibility index (Phi) is 11.1. The minimum atomic E-state index is -4.21. The number of aryl methyl sites for hydroxylation is 2. The lowest BCUT2D eigenvalue weighted by Crippen LogP contribution is -2.55. The van der Waals surface area contributed by atoms with Crippen LogP contribution in [0.25, 0.3) is 0 Å². The largest absolute Gasteiger partial charge is 0.352 e. The lowest BCUT2D eigenvalue weighted by Gasteiger charge is -2.35.